The molecule has 1 N–H and O–H groups in total. The molecule has 0 aliphatic carbocycles. The summed E-state index contributed by atoms with van der Waals surface area (Å²) in [5.74, 6) is 0. The topological polar surface area (TPSA) is 29.5 Å². The monoisotopic (exact) mass is 402 g/mol. The van der Waals surface area contributed by atoms with Gasteiger partial charge in [0.25, 0.3) is 0 Å². The summed E-state index contributed by atoms with van der Waals surface area (Å²) >= 11 is 0. The first-order valence-corrected chi connectivity index (χ1v) is 15.4. The number of hydrogen-bond acceptors (Lipinski definition) is 2. The molecule has 3 nitrogen and oxygen atoms in total. The fourth-order valence-corrected chi connectivity index (χ4v) is 4.87. The van der Waals surface area contributed by atoms with E-state index < -0.39 is 8.07 Å². The van der Waals surface area contributed by atoms with Gasteiger partial charge in [-0.2, -0.15) is 0 Å². The van der Waals surface area contributed by atoms with Crippen molar-refractivity contribution in [3.8, 4) is 0 Å². The van der Waals surface area contributed by atoms with Crippen molar-refractivity contribution < 1.29 is 14.3 Å². The molecule has 164 valence electrons. The summed E-state index contributed by atoms with van der Waals surface area (Å²) in [6, 6.07) is 1.31. The van der Waals surface area contributed by atoms with Crippen molar-refractivity contribution in [3.05, 3.63) is 0 Å². The van der Waals surface area contributed by atoms with Gasteiger partial charge in [-0.1, -0.05) is 84.0 Å². The molecule has 0 amide bonds. The second-order valence-electron chi connectivity index (χ2n) is 10.4. The van der Waals surface area contributed by atoms with Gasteiger partial charge in [-0.15, -0.1) is 0 Å². The molecule has 0 aromatic carbocycles. The van der Waals surface area contributed by atoms with Gasteiger partial charge in [0.05, 0.1) is 27.2 Å². The van der Waals surface area contributed by atoms with Gasteiger partial charge >= 0.3 is 0 Å². The molecule has 0 spiro atoms. The maximum absolute atomic E-state index is 10.3. The van der Waals surface area contributed by atoms with Gasteiger partial charge in [0, 0.05) is 14.7 Å². The third-order valence-corrected chi connectivity index (χ3v) is 7.20. The van der Waals surface area contributed by atoms with Crippen LogP contribution in [0.4, 0.5) is 0 Å². The summed E-state index contributed by atoms with van der Waals surface area (Å²) in [4.78, 5) is 0. The van der Waals surface area contributed by atoms with Crippen LogP contribution in [0.5, 0.6) is 0 Å². The van der Waals surface area contributed by atoms with Crippen LogP contribution in [-0.2, 0) is 4.74 Å². The SMILES string of the molecule is CCCCCCCCCCCC[N+](C)(C)CC(O)COCCC[Si](C)(C)C. The maximum atomic E-state index is 10.3. The first kappa shape index (κ1) is 27.1. The Bertz CT molecular complexity index is 329. The molecule has 0 aromatic rings. The van der Waals surface area contributed by atoms with E-state index in [-0.39, 0.29) is 6.10 Å². The van der Waals surface area contributed by atoms with E-state index in [2.05, 4.69) is 40.7 Å². The van der Waals surface area contributed by atoms with Crippen molar-refractivity contribution in [2.45, 2.75) is 109 Å². The van der Waals surface area contributed by atoms with E-state index in [0.717, 1.165) is 30.6 Å². The van der Waals surface area contributed by atoms with Crippen LogP contribution in [-0.4, -0.2) is 64.2 Å². The number of quaternary nitrogens is 1. The lowest BCUT2D eigenvalue weighted by atomic mass is 10.1. The second kappa shape index (κ2) is 16.0. The minimum Gasteiger partial charge on any atom is -0.385 e. The molecule has 1 atom stereocenters. The Kier molecular flexibility index (Phi) is 16.0. The summed E-state index contributed by atoms with van der Waals surface area (Å²) in [6.07, 6.45) is 14.6. The zero-order valence-electron chi connectivity index (χ0n) is 19.7. The van der Waals surface area contributed by atoms with E-state index >= 15 is 0 Å². The largest absolute Gasteiger partial charge is 0.385 e. The molecule has 0 aliphatic heterocycles. The lowest BCUT2D eigenvalue weighted by Crippen LogP contribution is -2.47. The third kappa shape index (κ3) is 20.6. The first-order valence-electron chi connectivity index (χ1n) is 11.7. The molecule has 27 heavy (non-hydrogen) atoms. The maximum Gasteiger partial charge on any atom is 0.126 e. The summed E-state index contributed by atoms with van der Waals surface area (Å²) in [7, 11) is 3.52. The highest BCUT2D eigenvalue weighted by molar-refractivity contribution is 6.76. The van der Waals surface area contributed by atoms with Crippen molar-refractivity contribution in [1.82, 2.24) is 0 Å². The Morgan fingerprint density at radius 3 is 1.85 bits per heavy atom. The molecule has 4 heteroatoms. The normalized spacial score (nSPS) is 13.9. The summed E-state index contributed by atoms with van der Waals surface area (Å²) in [5.41, 5.74) is 0. The van der Waals surface area contributed by atoms with Crippen molar-refractivity contribution in [3.63, 3.8) is 0 Å². The summed E-state index contributed by atoms with van der Waals surface area (Å²) in [6.45, 7) is 12.7. The third-order valence-electron chi connectivity index (χ3n) is 5.35. The van der Waals surface area contributed by atoms with Crippen molar-refractivity contribution in [2.75, 3.05) is 40.4 Å². The van der Waals surface area contributed by atoms with Crippen LogP contribution in [0, 0.1) is 0 Å². The molecule has 0 saturated carbocycles. The summed E-state index contributed by atoms with van der Waals surface area (Å²) in [5, 5.41) is 10.3. The van der Waals surface area contributed by atoms with Gasteiger partial charge < -0.3 is 14.3 Å². The van der Waals surface area contributed by atoms with Crippen LogP contribution in [0.2, 0.25) is 25.7 Å². The van der Waals surface area contributed by atoms with Gasteiger partial charge in [-0.3, -0.25) is 0 Å². The van der Waals surface area contributed by atoms with E-state index in [1.807, 2.05) is 0 Å². The Hall–Kier alpha value is 0.0969. The van der Waals surface area contributed by atoms with Crippen molar-refractivity contribution in [2.24, 2.45) is 0 Å². The number of aliphatic hydroxyl groups excluding tert-OH is 1. The molecule has 0 bridgehead atoms. The molecular weight excluding hydrogens is 350 g/mol. The Balaban J connectivity index is 3.58. The molecule has 1 unspecified atom stereocenters. The van der Waals surface area contributed by atoms with E-state index in [9.17, 15) is 5.11 Å². The highest BCUT2D eigenvalue weighted by Crippen LogP contribution is 2.13. The van der Waals surface area contributed by atoms with Crippen LogP contribution in [0.3, 0.4) is 0 Å². The number of nitrogens with zero attached hydrogens (tertiary/aromatic N) is 1. The van der Waals surface area contributed by atoms with Crippen molar-refractivity contribution >= 4 is 8.07 Å². The molecule has 0 radical (unpaired) electrons. The zero-order valence-corrected chi connectivity index (χ0v) is 20.7. The minimum atomic E-state index is -0.954. The average molecular weight is 403 g/mol. The van der Waals surface area contributed by atoms with Gasteiger partial charge in [0.15, 0.2) is 0 Å². The fraction of sp³-hybridized carbons (Fsp3) is 1.00. The molecule has 0 aromatic heterocycles. The van der Waals surface area contributed by atoms with E-state index in [0.29, 0.717) is 6.61 Å². The summed E-state index contributed by atoms with van der Waals surface area (Å²) < 4.78 is 6.60. The molecule has 0 rings (SSSR count). The van der Waals surface area contributed by atoms with E-state index in [1.54, 1.807) is 0 Å². The standard InChI is InChI=1S/C23H52NO2Si/c1-7-8-9-10-11-12-13-14-15-16-18-24(2,3)21-23(25)22-26-19-17-20-27(4,5)6/h23,25H,7-22H2,1-6H3/q+1. The Morgan fingerprint density at radius 1 is 0.815 bits per heavy atom. The number of rotatable bonds is 19. The Morgan fingerprint density at radius 2 is 1.33 bits per heavy atom. The van der Waals surface area contributed by atoms with Crippen LogP contribution in [0.1, 0.15) is 77.6 Å². The highest BCUT2D eigenvalue weighted by atomic mass is 28.3. The number of ether oxygens (including phenoxy) is 1. The highest BCUT2D eigenvalue weighted by Gasteiger charge is 2.20. The number of likely N-dealkylation sites (N-methyl/N-ethyl adjacent to an activating group) is 1. The van der Waals surface area contributed by atoms with Crippen LogP contribution in [0.25, 0.3) is 0 Å². The quantitative estimate of drug-likeness (QED) is 0.161. The van der Waals surface area contributed by atoms with Crippen molar-refractivity contribution in [1.29, 1.82) is 0 Å². The number of hydrogen-bond donors (Lipinski definition) is 1. The van der Waals surface area contributed by atoms with Gasteiger partial charge in [-0.25, -0.2) is 0 Å². The predicted octanol–water partition coefficient (Wildman–Crippen LogP) is 6.09. The first-order chi connectivity index (χ1) is 12.7. The molecule has 0 heterocycles. The van der Waals surface area contributed by atoms with Gasteiger partial charge in [0.2, 0.25) is 0 Å². The number of aliphatic hydroxyl groups is 1. The molecule has 0 saturated heterocycles. The number of unbranched alkanes of at least 4 members (excludes halogenated alkanes) is 9. The predicted molar refractivity (Wildman–Crippen MR) is 123 cm³/mol. The fourth-order valence-electron chi connectivity index (χ4n) is 3.67. The van der Waals surface area contributed by atoms with Crippen LogP contribution < -0.4 is 0 Å². The van der Waals surface area contributed by atoms with Crippen LogP contribution >= 0.6 is 0 Å². The molecule has 0 fully saturated rings. The smallest absolute Gasteiger partial charge is 0.126 e. The van der Waals surface area contributed by atoms with Gasteiger partial charge in [0.1, 0.15) is 12.6 Å². The van der Waals surface area contributed by atoms with Gasteiger partial charge in [-0.05, 0) is 19.3 Å². The van der Waals surface area contributed by atoms with E-state index in [4.69, 9.17) is 4.74 Å². The average Bonchev–Trinajstić information content (AvgIpc) is 2.54. The molecule has 0 aliphatic rings. The van der Waals surface area contributed by atoms with Crippen LogP contribution in [0.15, 0.2) is 0 Å². The lowest BCUT2D eigenvalue weighted by molar-refractivity contribution is -0.893. The minimum absolute atomic E-state index is 0.338. The second-order valence-corrected chi connectivity index (χ2v) is 16.0. The Labute approximate surface area is 172 Å². The lowest BCUT2D eigenvalue weighted by Gasteiger charge is -2.32. The molecular formula is C23H52NO2Si+. The zero-order chi connectivity index (χ0) is 20.6. The van der Waals surface area contributed by atoms with E-state index in [1.165, 1.54) is 70.3 Å².